The fourth-order valence-electron chi connectivity index (χ4n) is 2.35. The molecule has 23 heavy (non-hydrogen) atoms. The van der Waals surface area contributed by atoms with Crippen LogP contribution in [0.5, 0.6) is 5.75 Å². The van der Waals surface area contributed by atoms with E-state index in [1.54, 1.807) is 0 Å². The number of carbonyl (C=O) groups excluding carboxylic acids is 1. The number of carbonyl (C=O) groups is 1. The summed E-state index contributed by atoms with van der Waals surface area (Å²) in [5.41, 5.74) is 1.79. The van der Waals surface area contributed by atoms with Gasteiger partial charge in [-0.05, 0) is 37.6 Å². The first-order chi connectivity index (χ1) is 11.1. The van der Waals surface area contributed by atoms with Gasteiger partial charge in [0.1, 0.15) is 10.6 Å². The van der Waals surface area contributed by atoms with Crippen molar-refractivity contribution in [3.63, 3.8) is 0 Å². The van der Waals surface area contributed by atoms with Crippen molar-refractivity contribution in [3.8, 4) is 5.75 Å². The van der Waals surface area contributed by atoms with Gasteiger partial charge in [-0.2, -0.15) is 0 Å². The van der Waals surface area contributed by atoms with Crippen molar-refractivity contribution in [2.24, 2.45) is 0 Å². The predicted molar refractivity (Wildman–Crippen MR) is 97.1 cm³/mol. The Morgan fingerprint density at radius 2 is 2.04 bits per heavy atom. The van der Waals surface area contributed by atoms with E-state index in [9.17, 15) is 4.79 Å². The number of anilines is 1. The van der Waals surface area contributed by atoms with E-state index >= 15 is 0 Å². The zero-order valence-corrected chi connectivity index (χ0v) is 14.4. The van der Waals surface area contributed by atoms with E-state index in [1.165, 1.54) is 11.3 Å². The van der Waals surface area contributed by atoms with Gasteiger partial charge < -0.3 is 10.1 Å². The summed E-state index contributed by atoms with van der Waals surface area (Å²) in [6, 6.07) is 13.4. The van der Waals surface area contributed by atoms with Crippen molar-refractivity contribution in [3.05, 3.63) is 57.9 Å². The van der Waals surface area contributed by atoms with Crippen LogP contribution in [0.15, 0.2) is 42.5 Å². The minimum absolute atomic E-state index is 0.221. The Hall–Kier alpha value is -2.04. The Morgan fingerprint density at radius 1 is 1.26 bits per heavy atom. The number of rotatable bonds is 4. The molecule has 3 rings (SSSR count). The Bertz CT molecular complexity index is 873. The van der Waals surface area contributed by atoms with Crippen LogP contribution in [0.4, 0.5) is 5.69 Å². The molecule has 1 N–H and O–H groups in total. The maximum Gasteiger partial charge on any atom is 0.267 e. The highest BCUT2D eigenvalue weighted by Crippen LogP contribution is 2.36. The number of para-hydroxylation sites is 2. The number of nitrogens with one attached hydrogen (secondary N) is 1. The number of fused-ring (bicyclic) bond motifs is 1. The summed E-state index contributed by atoms with van der Waals surface area (Å²) in [4.78, 5) is 13.1. The van der Waals surface area contributed by atoms with Crippen molar-refractivity contribution < 1.29 is 9.53 Å². The first-order valence-electron chi connectivity index (χ1n) is 7.32. The lowest BCUT2D eigenvalue weighted by atomic mass is 10.2. The average molecular weight is 346 g/mol. The smallest absolute Gasteiger partial charge is 0.267 e. The molecule has 3 nitrogen and oxygen atoms in total. The molecular weight excluding hydrogens is 330 g/mol. The first-order valence-corrected chi connectivity index (χ1v) is 8.51. The van der Waals surface area contributed by atoms with Crippen molar-refractivity contribution in [1.29, 1.82) is 0 Å². The van der Waals surface area contributed by atoms with Gasteiger partial charge in [0, 0.05) is 10.1 Å². The lowest BCUT2D eigenvalue weighted by Gasteiger charge is -2.10. The normalized spacial score (nSPS) is 10.7. The van der Waals surface area contributed by atoms with E-state index in [4.69, 9.17) is 16.3 Å². The van der Waals surface area contributed by atoms with E-state index in [0.29, 0.717) is 27.9 Å². The van der Waals surface area contributed by atoms with Crippen LogP contribution in [-0.4, -0.2) is 12.5 Å². The van der Waals surface area contributed by atoms with Gasteiger partial charge in [0.15, 0.2) is 0 Å². The molecule has 0 bridgehead atoms. The molecule has 0 saturated heterocycles. The second-order valence-corrected chi connectivity index (χ2v) is 6.56. The van der Waals surface area contributed by atoms with E-state index in [1.807, 2.05) is 56.3 Å². The summed E-state index contributed by atoms with van der Waals surface area (Å²) >= 11 is 7.79. The number of amides is 1. The predicted octanol–water partition coefficient (Wildman–Crippen LogP) is 5.51. The van der Waals surface area contributed by atoms with Crippen molar-refractivity contribution >= 4 is 44.6 Å². The summed E-state index contributed by atoms with van der Waals surface area (Å²) in [5, 5.41) is 4.29. The number of benzene rings is 2. The van der Waals surface area contributed by atoms with Gasteiger partial charge in [0.05, 0.1) is 17.3 Å². The quantitative estimate of drug-likeness (QED) is 0.676. The zero-order chi connectivity index (χ0) is 16.4. The van der Waals surface area contributed by atoms with Crippen LogP contribution in [-0.2, 0) is 0 Å². The molecule has 118 valence electrons. The molecule has 0 saturated carbocycles. The molecule has 1 amide bonds. The monoisotopic (exact) mass is 345 g/mol. The zero-order valence-electron chi connectivity index (χ0n) is 12.9. The summed E-state index contributed by atoms with van der Waals surface area (Å²) < 4.78 is 6.55. The third kappa shape index (κ3) is 3.19. The van der Waals surface area contributed by atoms with Gasteiger partial charge in [0.2, 0.25) is 0 Å². The topological polar surface area (TPSA) is 38.3 Å². The van der Waals surface area contributed by atoms with Gasteiger partial charge in [0.25, 0.3) is 5.91 Å². The van der Waals surface area contributed by atoms with Crippen LogP contribution in [0.25, 0.3) is 10.1 Å². The minimum atomic E-state index is -0.221. The molecule has 1 heterocycles. The maximum atomic E-state index is 12.6. The molecule has 1 aromatic heterocycles. The second kappa shape index (κ2) is 6.60. The highest BCUT2D eigenvalue weighted by molar-refractivity contribution is 7.21. The third-order valence-electron chi connectivity index (χ3n) is 3.43. The number of ether oxygens (including phenoxy) is 1. The Labute approximate surface area is 143 Å². The minimum Gasteiger partial charge on any atom is -0.492 e. The average Bonchev–Trinajstić information content (AvgIpc) is 2.86. The summed E-state index contributed by atoms with van der Waals surface area (Å²) in [6.45, 7) is 4.46. The van der Waals surface area contributed by atoms with Gasteiger partial charge in [-0.1, -0.05) is 35.9 Å². The molecule has 2 aromatic carbocycles. The van der Waals surface area contributed by atoms with Crippen LogP contribution < -0.4 is 10.1 Å². The van der Waals surface area contributed by atoms with Gasteiger partial charge in [-0.3, -0.25) is 4.79 Å². The van der Waals surface area contributed by atoms with Crippen LogP contribution >= 0.6 is 22.9 Å². The number of hydrogen-bond donors (Lipinski definition) is 1. The summed E-state index contributed by atoms with van der Waals surface area (Å²) in [7, 11) is 0. The molecule has 0 unspecified atom stereocenters. The van der Waals surface area contributed by atoms with E-state index in [0.717, 1.165) is 15.6 Å². The number of halogens is 1. The largest absolute Gasteiger partial charge is 0.492 e. The van der Waals surface area contributed by atoms with Crippen molar-refractivity contribution in [2.45, 2.75) is 13.8 Å². The summed E-state index contributed by atoms with van der Waals surface area (Å²) in [6.07, 6.45) is 0. The van der Waals surface area contributed by atoms with E-state index < -0.39 is 0 Å². The summed E-state index contributed by atoms with van der Waals surface area (Å²) in [5.74, 6) is 0.428. The standard InChI is InChI=1S/C18H16ClNO2S/c1-3-22-14-7-5-4-6-13(14)20-18(21)17-16(19)12-9-8-11(2)10-15(12)23-17/h4-10H,3H2,1-2H3,(H,20,21). The molecule has 0 aliphatic heterocycles. The van der Waals surface area contributed by atoms with Crippen LogP contribution in [0, 0.1) is 6.92 Å². The maximum absolute atomic E-state index is 12.6. The molecule has 0 atom stereocenters. The van der Waals surface area contributed by atoms with Gasteiger partial charge >= 0.3 is 0 Å². The van der Waals surface area contributed by atoms with Crippen LogP contribution in [0.3, 0.4) is 0 Å². The van der Waals surface area contributed by atoms with Gasteiger partial charge in [-0.15, -0.1) is 11.3 Å². The highest BCUT2D eigenvalue weighted by atomic mass is 35.5. The molecule has 0 aliphatic carbocycles. The van der Waals surface area contributed by atoms with Gasteiger partial charge in [-0.25, -0.2) is 0 Å². The lowest BCUT2D eigenvalue weighted by Crippen LogP contribution is -2.11. The number of hydrogen-bond acceptors (Lipinski definition) is 3. The van der Waals surface area contributed by atoms with Crippen LogP contribution in [0.2, 0.25) is 5.02 Å². The SMILES string of the molecule is CCOc1ccccc1NC(=O)c1sc2cc(C)ccc2c1Cl. The number of thiophene rings is 1. The van der Waals surface area contributed by atoms with Crippen molar-refractivity contribution in [1.82, 2.24) is 0 Å². The van der Waals surface area contributed by atoms with E-state index in [2.05, 4.69) is 5.32 Å². The molecule has 0 fully saturated rings. The fraction of sp³-hybridized carbons (Fsp3) is 0.167. The Kier molecular flexibility index (Phi) is 4.55. The molecule has 0 aliphatic rings. The molecule has 0 spiro atoms. The fourth-order valence-corrected chi connectivity index (χ4v) is 3.86. The third-order valence-corrected chi connectivity index (χ3v) is 5.08. The number of aryl methyl sites for hydroxylation is 1. The molecular formula is C18H16ClNO2S. The van der Waals surface area contributed by atoms with Crippen LogP contribution in [0.1, 0.15) is 22.2 Å². The molecule has 3 aromatic rings. The Balaban J connectivity index is 1.94. The first kappa shape index (κ1) is 15.8. The Morgan fingerprint density at radius 3 is 2.83 bits per heavy atom. The second-order valence-electron chi connectivity index (χ2n) is 5.13. The van der Waals surface area contributed by atoms with Crippen molar-refractivity contribution in [2.75, 3.05) is 11.9 Å². The molecule has 5 heteroatoms. The molecule has 0 radical (unpaired) electrons. The van der Waals surface area contributed by atoms with E-state index in [-0.39, 0.29) is 5.91 Å². The highest BCUT2D eigenvalue weighted by Gasteiger charge is 2.18. The lowest BCUT2D eigenvalue weighted by molar-refractivity contribution is 0.103.